The van der Waals surface area contributed by atoms with Crippen LogP contribution < -0.4 is 10.6 Å². The molecule has 5 nitrogen and oxygen atoms in total. The Balaban J connectivity index is 0.00000225. The van der Waals surface area contributed by atoms with E-state index in [0.29, 0.717) is 6.54 Å². The minimum Gasteiger partial charge on any atom is -0.356 e. The van der Waals surface area contributed by atoms with E-state index in [0.717, 1.165) is 23.2 Å². The van der Waals surface area contributed by atoms with E-state index in [4.69, 9.17) is 0 Å². The van der Waals surface area contributed by atoms with Crippen molar-refractivity contribution in [2.45, 2.75) is 25.8 Å². The van der Waals surface area contributed by atoms with Crippen LogP contribution in [0.2, 0.25) is 0 Å². The van der Waals surface area contributed by atoms with Crippen LogP contribution in [-0.4, -0.2) is 28.9 Å². The molecule has 7 heteroatoms. The molecule has 0 saturated carbocycles. The van der Waals surface area contributed by atoms with Gasteiger partial charge in [-0.05, 0) is 5.56 Å². The van der Waals surface area contributed by atoms with Crippen molar-refractivity contribution >= 4 is 46.2 Å². The van der Waals surface area contributed by atoms with Crippen LogP contribution in [0.3, 0.4) is 0 Å². The Hall–Kier alpha value is -1.61. The maximum Gasteiger partial charge on any atom is 0.193 e. The average Bonchev–Trinajstić information content (AvgIpc) is 3.17. The van der Waals surface area contributed by atoms with Gasteiger partial charge in [0.25, 0.3) is 0 Å². The third kappa shape index (κ3) is 4.94. The second-order valence-corrected chi connectivity index (χ2v) is 7.23. The lowest BCUT2D eigenvalue weighted by atomic mass is 9.85. The Kier molecular flexibility index (Phi) is 6.83. The number of guanidine groups is 1. The highest BCUT2D eigenvalue weighted by Gasteiger charge is 2.20. The Morgan fingerprint density at radius 2 is 2.00 bits per heavy atom. The summed E-state index contributed by atoms with van der Waals surface area (Å²) in [7, 11) is 1.79. The number of nitrogens with one attached hydrogen (secondary N) is 2. The Morgan fingerprint density at radius 3 is 2.68 bits per heavy atom. The van der Waals surface area contributed by atoms with Crippen LogP contribution in [0.25, 0.3) is 4.96 Å². The van der Waals surface area contributed by atoms with Gasteiger partial charge in [-0.1, -0.05) is 44.2 Å². The van der Waals surface area contributed by atoms with E-state index in [1.165, 1.54) is 5.56 Å². The summed E-state index contributed by atoms with van der Waals surface area (Å²) in [4.78, 5) is 9.89. The largest absolute Gasteiger partial charge is 0.356 e. The van der Waals surface area contributed by atoms with Crippen molar-refractivity contribution in [1.29, 1.82) is 0 Å². The van der Waals surface area contributed by atoms with Crippen LogP contribution in [0.15, 0.2) is 53.1 Å². The number of benzene rings is 1. The first-order valence-corrected chi connectivity index (χ1v) is 8.87. The minimum absolute atomic E-state index is 0. The normalized spacial score (nSPS) is 12.0. The highest BCUT2D eigenvalue weighted by molar-refractivity contribution is 14.0. The number of hydrogen-bond donors (Lipinski definition) is 2. The zero-order valence-electron chi connectivity index (χ0n) is 14.7. The summed E-state index contributed by atoms with van der Waals surface area (Å²) >= 11 is 1.64. The van der Waals surface area contributed by atoms with Gasteiger partial charge in [0.1, 0.15) is 0 Å². The molecule has 3 aromatic rings. The molecule has 0 atom stereocenters. The minimum atomic E-state index is 0. The van der Waals surface area contributed by atoms with Crippen molar-refractivity contribution in [3.8, 4) is 0 Å². The van der Waals surface area contributed by atoms with Crippen LogP contribution in [0.4, 0.5) is 0 Å². The lowest BCUT2D eigenvalue weighted by Gasteiger charge is -2.26. The molecule has 0 aliphatic rings. The van der Waals surface area contributed by atoms with Crippen molar-refractivity contribution < 1.29 is 0 Å². The van der Waals surface area contributed by atoms with Crippen LogP contribution >= 0.6 is 35.3 Å². The van der Waals surface area contributed by atoms with Gasteiger partial charge in [-0.25, -0.2) is 4.98 Å². The van der Waals surface area contributed by atoms with Gasteiger partial charge in [-0.2, -0.15) is 0 Å². The molecule has 2 heterocycles. The number of hydrogen-bond acceptors (Lipinski definition) is 3. The van der Waals surface area contributed by atoms with Crippen LogP contribution in [-0.2, 0) is 12.0 Å². The lowest BCUT2D eigenvalue weighted by molar-refractivity contribution is 0.508. The summed E-state index contributed by atoms with van der Waals surface area (Å²) < 4.78 is 2.04. The fourth-order valence-electron chi connectivity index (χ4n) is 2.55. The summed E-state index contributed by atoms with van der Waals surface area (Å²) in [6, 6.07) is 10.5. The van der Waals surface area contributed by atoms with E-state index in [2.05, 4.69) is 58.7 Å². The molecule has 0 aliphatic carbocycles. The first-order valence-electron chi connectivity index (χ1n) is 7.99. The van der Waals surface area contributed by atoms with Gasteiger partial charge in [-0.3, -0.25) is 9.39 Å². The molecule has 1 aromatic carbocycles. The second-order valence-electron chi connectivity index (χ2n) is 6.35. The third-order valence-electron chi connectivity index (χ3n) is 4.06. The summed E-state index contributed by atoms with van der Waals surface area (Å²) in [5, 5.41) is 8.77. The van der Waals surface area contributed by atoms with Gasteiger partial charge in [-0.15, -0.1) is 35.3 Å². The van der Waals surface area contributed by atoms with Gasteiger partial charge in [0.05, 0.1) is 12.2 Å². The van der Waals surface area contributed by atoms with Crippen molar-refractivity contribution in [2.24, 2.45) is 4.99 Å². The monoisotopic (exact) mass is 469 g/mol. The summed E-state index contributed by atoms with van der Waals surface area (Å²) in [5.41, 5.74) is 2.34. The van der Waals surface area contributed by atoms with E-state index in [9.17, 15) is 0 Å². The molecule has 0 aliphatic heterocycles. The van der Waals surface area contributed by atoms with E-state index in [1.54, 1.807) is 18.4 Å². The number of halogens is 1. The summed E-state index contributed by atoms with van der Waals surface area (Å²) in [6.45, 7) is 5.91. The van der Waals surface area contributed by atoms with Crippen LogP contribution in [0.1, 0.15) is 25.1 Å². The molecule has 0 spiro atoms. The van der Waals surface area contributed by atoms with Crippen LogP contribution in [0, 0.1) is 0 Å². The quantitative estimate of drug-likeness (QED) is 0.341. The van der Waals surface area contributed by atoms with Crippen molar-refractivity contribution in [2.75, 3.05) is 13.6 Å². The van der Waals surface area contributed by atoms with Crippen molar-refractivity contribution in [3.63, 3.8) is 0 Å². The topological polar surface area (TPSA) is 53.7 Å². The first-order chi connectivity index (χ1) is 11.6. The molecule has 0 saturated heterocycles. The average molecular weight is 469 g/mol. The van der Waals surface area contributed by atoms with Gasteiger partial charge >= 0.3 is 0 Å². The highest BCUT2D eigenvalue weighted by Crippen LogP contribution is 2.21. The summed E-state index contributed by atoms with van der Waals surface area (Å²) in [5.74, 6) is 0.787. The fourth-order valence-corrected chi connectivity index (χ4v) is 3.27. The number of rotatable bonds is 5. The second kappa shape index (κ2) is 8.66. The zero-order chi connectivity index (χ0) is 17.0. The molecule has 0 bridgehead atoms. The molecule has 0 fully saturated rings. The smallest absolute Gasteiger partial charge is 0.193 e. The van der Waals surface area contributed by atoms with Gasteiger partial charge in [0, 0.05) is 36.8 Å². The van der Waals surface area contributed by atoms with E-state index < -0.39 is 0 Å². The molecule has 0 amide bonds. The van der Waals surface area contributed by atoms with Gasteiger partial charge in [0.15, 0.2) is 10.9 Å². The van der Waals surface area contributed by atoms with Gasteiger partial charge in [0.2, 0.25) is 0 Å². The van der Waals surface area contributed by atoms with Gasteiger partial charge < -0.3 is 10.6 Å². The standard InChI is InChI=1S/C18H23N5S.HI/c1-18(2,14-7-5-4-6-8-14)13-21-16(19-3)20-11-15-12-23-9-10-24-17(23)22-15;/h4-10,12H,11,13H2,1-3H3,(H2,19,20,21);1H. The molecule has 0 radical (unpaired) electrons. The maximum absolute atomic E-state index is 4.57. The SMILES string of the molecule is CN=C(NCc1cn2ccsc2n1)NCC(C)(C)c1ccccc1.I. The molecule has 3 rings (SSSR count). The maximum atomic E-state index is 4.57. The third-order valence-corrected chi connectivity index (χ3v) is 4.83. The number of thiazole rings is 1. The van der Waals surface area contributed by atoms with E-state index >= 15 is 0 Å². The number of fused-ring (bicyclic) bond motifs is 1. The van der Waals surface area contributed by atoms with E-state index in [1.807, 2.05) is 28.2 Å². The fraction of sp³-hybridized carbons (Fsp3) is 0.333. The Morgan fingerprint density at radius 1 is 1.24 bits per heavy atom. The van der Waals surface area contributed by atoms with Crippen molar-refractivity contribution in [3.05, 3.63) is 59.4 Å². The zero-order valence-corrected chi connectivity index (χ0v) is 17.8. The predicted octanol–water partition coefficient (Wildman–Crippen LogP) is 3.66. The molecule has 2 N–H and O–H groups in total. The molecular formula is C18H24IN5S. The van der Waals surface area contributed by atoms with Crippen molar-refractivity contribution in [1.82, 2.24) is 20.0 Å². The molecule has 2 aromatic heterocycles. The Bertz CT molecular complexity index is 794. The predicted molar refractivity (Wildman–Crippen MR) is 116 cm³/mol. The molecular weight excluding hydrogens is 445 g/mol. The number of nitrogens with zero attached hydrogens (tertiary/aromatic N) is 3. The Labute approximate surface area is 169 Å². The lowest BCUT2D eigenvalue weighted by Crippen LogP contribution is -2.43. The molecule has 134 valence electrons. The molecule has 25 heavy (non-hydrogen) atoms. The van der Waals surface area contributed by atoms with Crippen LogP contribution in [0.5, 0.6) is 0 Å². The number of aromatic nitrogens is 2. The number of imidazole rings is 1. The molecule has 0 unspecified atom stereocenters. The summed E-state index contributed by atoms with van der Waals surface area (Å²) in [6.07, 6.45) is 4.06. The first kappa shape index (κ1) is 19.7. The van der Waals surface area contributed by atoms with E-state index in [-0.39, 0.29) is 29.4 Å². The highest BCUT2D eigenvalue weighted by atomic mass is 127. The number of aliphatic imine (C=N–C) groups is 1.